The van der Waals surface area contributed by atoms with E-state index in [9.17, 15) is 4.79 Å². The molecule has 0 fully saturated rings. The van der Waals surface area contributed by atoms with Crippen LogP contribution in [-0.4, -0.2) is 17.5 Å². The molecule has 5 heteroatoms. The van der Waals surface area contributed by atoms with Gasteiger partial charge in [-0.05, 0) is 49.2 Å². The van der Waals surface area contributed by atoms with Gasteiger partial charge in [-0.15, -0.1) is 0 Å². The van der Waals surface area contributed by atoms with Crippen molar-refractivity contribution in [1.82, 2.24) is 5.43 Å². The fraction of sp³-hybridized carbons (Fsp3) is 0.318. The molecule has 0 spiro atoms. The Bertz CT molecular complexity index is 841. The largest absolute Gasteiger partial charge is 0.344 e. The summed E-state index contributed by atoms with van der Waals surface area (Å²) in [7, 11) is 0. The number of nitrogens with one attached hydrogen (secondary N) is 2. The molecule has 1 heterocycles. The summed E-state index contributed by atoms with van der Waals surface area (Å²) in [6.45, 7) is 10.0. The number of hydrogen-bond donors (Lipinski definition) is 2. The van der Waals surface area contributed by atoms with Crippen molar-refractivity contribution in [3.63, 3.8) is 0 Å². The Balaban J connectivity index is 0.00000126. The maximum Gasteiger partial charge on any atom is 0.240 e. The van der Waals surface area contributed by atoms with Crippen LogP contribution in [0.1, 0.15) is 45.2 Å². The van der Waals surface area contributed by atoms with E-state index in [-0.39, 0.29) is 11.8 Å². The lowest BCUT2D eigenvalue weighted by atomic mass is 9.93. The minimum Gasteiger partial charge on any atom is -0.344 e. The number of anilines is 1. The lowest BCUT2D eigenvalue weighted by Gasteiger charge is -2.19. The van der Waals surface area contributed by atoms with E-state index in [2.05, 4.69) is 26.9 Å². The van der Waals surface area contributed by atoms with E-state index in [0.29, 0.717) is 6.42 Å². The van der Waals surface area contributed by atoms with Gasteiger partial charge in [0, 0.05) is 18.0 Å². The van der Waals surface area contributed by atoms with Crippen LogP contribution < -0.4 is 10.7 Å². The standard InChI is InChI=1S/C20H22N4O.C2H6/c1-13-11-16(20-14(2)12-19(25)23-24-20)9-10-18(13)22-15(3)21-17-7-5-4-6-8-17;1-2/h4-11,14H,12H2,1-3H3,(H,21,22)(H,23,25);1-2H3. The molecule has 142 valence electrons. The minimum absolute atomic E-state index is 0.0307. The molecule has 1 aliphatic heterocycles. The topological polar surface area (TPSA) is 65.8 Å². The summed E-state index contributed by atoms with van der Waals surface area (Å²) in [4.78, 5) is 16.1. The van der Waals surface area contributed by atoms with Crippen LogP contribution in [0, 0.1) is 12.8 Å². The first-order valence-electron chi connectivity index (χ1n) is 9.38. The number of amidine groups is 1. The van der Waals surface area contributed by atoms with Gasteiger partial charge in [0.2, 0.25) is 5.91 Å². The smallest absolute Gasteiger partial charge is 0.240 e. The van der Waals surface area contributed by atoms with Gasteiger partial charge in [0.1, 0.15) is 5.84 Å². The number of nitrogens with zero attached hydrogens (tertiary/aromatic N) is 2. The van der Waals surface area contributed by atoms with Crippen LogP contribution in [0.5, 0.6) is 0 Å². The molecule has 0 aliphatic carbocycles. The van der Waals surface area contributed by atoms with E-state index >= 15 is 0 Å². The van der Waals surface area contributed by atoms with Crippen LogP contribution in [0.2, 0.25) is 0 Å². The monoisotopic (exact) mass is 364 g/mol. The number of amides is 1. The molecule has 1 atom stereocenters. The van der Waals surface area contributed by atoms with Crippen LogP contribution >= 0.6 is 0 Å². The SMILES string of the molecule is CC.CC(=Nc1ccc(C2=NNC(=O)CC2C)cc1C)Nc1ccccc1. The molecule has 2 aromatic carbocycles. The summed E-state index contributed by atoms with van der Waals surface area (Å²) in [6, 6.07) is 16.0. The molecule has 3 rings (SSSR count). The van der Waals surface area contributed by atoms with Crippen LogP contribution in [0.25, 0.3) is 0 Å². The zero-order valence-corrected chi connectivity index (χ0v) is 16.7. The molecule has 27 heavy (non-hydrogen) atoms. The fourth-order valence-electron chi connectivity index (χ4n) is 2.88. The number of benzene rings is 2. The van der Waals surface area contributed by atoms with Gasteiger partial charge in [-0.3, -0.25) is 4.79 Å². The molecule has 0 radical (unpaired) electrons. The average Bonchev–Trinajstić information content (AvgIpc) is 2.66. The van der Waals surface area contributed by atoms with Crippen molar-refractivity contribution >= 4 is 28.8 Å². The second-order valence-electron chi connectivity index (χ2n) is 6.33. The van der Waals surface area contributed by atoms with Crippen LogP contribution in [0.3, 0.4) is 0 Å². The molecule has 1 amide bonds. The normalized spacial score (nSPS) is 16.6. The van der Waals surface area contributed by atoms with E-state index < -0.39 is 0 Å². The van der Waals surface area contributed by atoms with Crippen molar-refractivity contribution in [2.45, 2.75) is 41.0 Å². The van der Waals surface area contributed by atoms with Crippen molar-refractivity contribution in [1.29, 1.82) is 0 Å². The fourth-order valence-corrected chi connectivity index (χ4v) is 2.88. The predicted molar refractivity (Wildman–Crippen MR) is 114 cm³/mol. The number of carbonyl (C=O) groups is 1. The number of aryl methyl sites for hydroxylation is 1. The quantitative estimate of drug-likeness (QED) is 0.592. The molecule has 2 aromatic rings. The summed E-state index contributed by atoms with van der Waals surface area (Å²) in [5, 5.41) is 7.50. The van der Waals surface area contributed by atoms with E-state index in [0.717, 1.165) is 34.0 Å². The van der Waals surface area contributed by atoms with Gasteiger partial charge in [0.05, 0.1) is 11.4 Å². The maximum absolute atomic E-state index is 11.4. The number of hydrazone groups is 1. The number of carbonyl (C=O) groups excluding carboxylic acids is 1. The third-order valence-electron chi connectivity index (χ3n) is 4.14. The Morgan fingerprint density at radius 3 is 2.52 bits per heavy atom. The van der Waals surface area contributed by atoms with Crippen molar-refractivity contribution in [3.05, 3.63) is 59.7 Å². The maximum atomic E-state index is 11.4. The number of aliphatic imine (C=N–C) groups is 1. The van der Waals surface area contributed by atoms with Crippen molar-refractivity contribution < 1.29 is 4.79 Å². The summed E-state index contributed by atoms with van der Waals surface area (Å²) in [5.74, 6) is 0.915. The lowest BCUT2D eigenvalue weighted by Crippen LogP contribution is -2.31. The highest BCUT2D eigenvalue weighted by atomic mass is 16.2. The third-order valence-corrected chi connectivity index (χ3v) is 4.14. The molecule has 1 unspecified atom stereocenters. The molecular weight excluding hydrogens is 336 g/mol. The van der Waals surface area contributed by atoms with Crippen molar-refractivity contribution in [3.8, 4) is 0 Å². The second-order valence-corrected chi connectivity index (χ2v) is 6.33. The average molecular weight is 364 g/mol. The second kappa shape index (κ2) is 9.67. The molecule has 5 nitrogen and oxygen atoms in total. The Morgan fingerprint density at radius 1 is 1.19 bits per heavy atom. The number of hydrogen-bond acceptors (Lipinski definition) is 3. The number of rotatable bonds is 3. The Hall–Kier alpha value is -2.95. The molecular formula is C22H28N4O. The lowest BCUT2D eigenvalue weighted by molar-refractivity contribution is -0.121. The third kappa shape index (κ3) is 5.51. The van der Waals surface area contributed by atoms with Gasteiger partial charge >= 0.3 is 0 Å². The van der Waals surface area contributed by atoms with Gasteiger partial charge < -0.3 is 5.32 Å². The van der Waals surface area contributed by atoms with E-state index in [1.807, 2.05) is 77.1 Å². The number of para-hydroxylation sites is 1. The molecule has 1 aliphatic rings. The van der Waals surface area contributed by atoms with Crippen LogP contribution in [-0.2, 0) is 4.79 Å². The highest BCUT2D eigenvalue weighted by Crippen LogP contribution is 2.24. The molecule has 0 saturated carbocycles. The first-order chi connectivity index (χ1) is 13.0. The zero-order chi connectivity index (χ0) is 19.8. The summed E-state index contributed by atoms with van der Waals surface area (Å²) in [6.07, 6.45) is 0.470. The Labute approximate surface area is 161 Å². The molecule has 2 N–H and O–H groups in total. The van der Waals surface area contributed by atoms with Gasteiger partial charge in [0.15, 0.2) is 0 Å². The van der Waals surface area contributed by atoms with E-state index in [1.54, 1.807) is 0 Å². The Morgan fingerprint density at radius 2 is 1.89 bits per heavy atom. The highest BCUT2D eigenvalue weighted by Gasteiger charge is 2.21. The highest BCUT2D eigenvalue weighted by molar-refractivity contribution is 6.06. The Kier molecular flexibility index (Phi) is 7.29. The van der Waals surface area contributed by atoms with Gasteiger partial charge in [-0.1, -0.05) is 45.0 Å². The van der Waals surface area contributed by atoms with E-state index in [4.69, 9.17) is 0 Å². The van der Waals surface area contributed by atoms with Crippen molar-refractivity contribution in [2.24, 2.45) is 16.0 Å². The molecule has 0 saturated heterocycles. The predicted octanol–water partition coefficient (Wildman–Crippen LogP) is 5.04. The zero-order valence-electron chi connectivity index (χ0n) is 16.7. The first kappa shape index (κ1) is 20.4. The molecule has 0 aromatic heterocycles. The summed E-state index contributed by atoms with van der Waals surface area (Å²) >= 11 is 0. The van der Waals surface area contributed by atoms with Gasteiger partial charge in [-0.2, -0.15) is 5.10 Å². The van der Waals surface area contributed by atoms with Crippen LogP contribution in [0.15, 0.2) is 58.6 Å². The van der Waals surface area contributed by atoms with E-state index in [1.165, 1.54) is 0 Å². The molecule has 0 bridgehead atoms. The summed E-state index contributed by atoms with van der Waals surface area (Å²) < 4.78 is 0. The van der Waals surface area contributed by atoms with Crippen LogP contribution in [0.4, 0.5) is 11.4 Å². The summed E-state index contributed by atoms with van der Waals surface area (Å²) in [5.41, 5.74) is 7.50. The van der Waals surface area contributed by atoms with Gasteiger partial charge in [0.25, 0.3) is 0 Å². The van der Waals surface area contributed by atoms with Crippen molar-refractivity contribution in [2.75, 3.05) is 5.32 Å². The van der Waals surface area contributed by atoms with Gasteiger partial charge in [-0.25, -0.2) is 10.4 Å². The minimum atomic E-state index is -0.0307. The first-order valence-corrected chi connectivity index (χ1v) is 9.38.